The number of anilines is 1. The molecule has 0 aromatic heterocycles. The molecule has 0 heterocycles. The second-order valence-electron chi connectivity index (χ2n) is 3.85. The second-order valence-corrected chi connectivity index (χ2v) is 3.85. The van der Waals surface area contributed by atoms with Crippen molar-refractivity contribution in [3.05, 3.63) is 38.4 Å². The van der Waals surface area contributed by atoms with Gasteiger partial charge >= 0.3 is 11.9 Å². The first-order valence-corrected chi connectivity index (χ1v) is 5.36. The molecular formula is C10H9N3O8. The molecule has 112 valence electrons. The average Bonchev–Trinajstić information content (AvgIpc) is 2.37. The number of nitro benzene ring substituents is 2. The molecule has 1 aromatic rings. The molecule has 0 aliphatic rings. The van der Waals surface area contributed by atoms with Gasteiger partial charge in [0.2, 0.25) is 0 Å². The maximum Gasteiger partial charge on any atom is 0.326 e. The molecule has 0 saturated carbocycles. The van der Waals surface area contributed by atoms with Gasteiger partial charge < -0.3 is 15.5 Å². The number of non-ortho nitro benzene ring substituents is 1. The molecule has 0 aliphatic carbocycles. The van der Waals surface area contributed by atoms with E-state index in [1.165, 1.54) is 0 Å². The predicted octanol–water partition coefficient (Wildman–Crippen LogP) is 0.843. The normalized spacial score (nSPS) is 11.4. The van der Waals surface area contributed by atoms with E-state index in [0.29, 0.717) is 6.07 Å². The van der Waals surface area contributed by atoms with E-state index in [2.05, 4.69) is 5.32 Å². The number of benzene rings is 1. The molecule has 11 heteroatoms. The Morgan fingerprint density at radius 1 is 1.19 bits per heavy atom. The molecule has 3 N–H and O–H groups in total. The van der Waals surface area contributed by atoms with Crippen LogP contribution in [-0.2, 0) is 9.59 Å². The maximum absolute atomic E-state index is 10.9. The fourth-order valence-corrected chi connectivity index (χ4v) is 1.47. The zero-order chi connectivity index (χ0) is 16.2. The van der Waals surface area contributed by atoms with E-state index in [4.69, 9.17) is 10.2 Å². The van der Waals surface area contributed by atoms with Crippen molar-refractivity contribution >= 4 is 29.0 Å². The van der Waals surface area contributed by atoms with Crippen LogP contribution in [0.25, 0.3) is 0 Å². The smallest absolute Gasteiger partial charge is 0.326 e. The van der Waals surface area contributed by atoms with Crippen LogP contribution in [0.3, 0.4) is 0 Å². The minimum Gasteiger partial charge on any atom is -0.481 e. The van der Waals surface area contributed by atoms with E-state index in [-0.39, 0.29) is 5.69 Å². The van der Waals surface area contributed by atoms with E-state index in [9.17, 15) is 29.8 Å². The SMILES string of the molecule is O=C(O)C[C@H](Nc1ccc([N+](=O)[O-])cc1[N+](=O)[O-])C(=O)O. The van der Waals surface area contributed by atoms with Crippen molar-refractivity contribution in [3.63, 3.8) is 0 Å². The Morgan fingerprint density at radius 2 is 1.81 bits per heavy atom. The number of carboxylic acids is 2. The largest absolute Gasteiger partial charge is 0.481 e. The summed E-state index contributed by atoms with van der Waals surface area (Å²) in [5.74, 6) is -2.94. The average molecular weight is 299 g/mol. The summed E-state index contributed by atoms with van der Waals surface area (Å²) in [6, 6.07) is 0.938. The summed E-state index contributed by atoms with van der Waals surface area (Å²) < 4.78 is 0. The van der Waals surface area contributed by atoms with Gasteiger partial charge in [-0.2, -0.15) is 0 Å². The van der Waals surface area contributed by atoms with Crippen molar-refractivity contribution in [1.82, 2.24) is 0 Å². The molecule has 1 aromatic carbocycles. The Bertz CT molecular complexity index is 614. The Balaban J connectivity index is 3.16. The van der Waals surface area contributed by atoms with Crippen molar-refractivity contribution in [3.8, 4) is 0 Å². The van der Waals surface area contributed by atoms with Crippen molar-refractivity contribution < 1.29 is 29.6 Å². The number of nitrogens with one attached hydrogen (secondary N) is 1. The minimum absolute atomic E-state index is 0.320. The summed E-state index contributed by atoms with van der Waals surface area (Å²) in [4.78, 5) is 41.1. The van der Waals surface area contributed by atoms with Gasteiger partial charge in [0, 0.05) is 6.07 Å². The van der Waals surface area contributed by atoms with E-state index in [1.54, 1.807) is 0 Å². The van der Waals surface area contributed by atoms with Crippen LogP contribution in [-0.4, -0.2) is 38.0 Å². The Kier molecular flexibility index (Phi) is 4.72. The zero-order valence-electron chi connectivity index (χ0n) is 10.3. The van der Waals surface area contributed by atoms with Crippen LogP contribution in [0.2, 0.25) is 0 Å². The van der Waals surface area contributed by atoms with Crippen molar-refractivity contribution in [2.24, 2.45) is 0 Å². The van der Waals surface area contributed by atoms with Crippen LogP contribution in [0.1, 0.15) is 6.42 Å². The third kappa shape index (κ3) is 4.12. The first-order chi connectivity index (χ1) is 9.72. The summed E-state index contributed by atoms with van der Waals surface area (Å²) in [5, 5.41) is 41.0. The van der Waals surface area contributed by atoms with Crippen molar-refractivity contribution in [2.75, 3.05) is 5.32 Å². The second kappa shape index (κ2) is 6.27. The van der Waals surface area contributed by atoms with E-state index < -0.39 is 45.6 Å². The fourth-order valence-electron chi connectivity index (χ4n) is 1.47. The van der Waals surface area contributed by atoms with Gasteiger partial charge in [0.1, 0.15) is 11.7 Å². The highest BCUT2D eigenvalue weighted by molar-refractivity contribution is 5.84. The van der Waals surface area contributed by atoms with Gasteiger partial charge in [-0.1, -0.05) is 0 Å². The van der Waals surface area contributed by atoms with Crippen LogP contribution in [0.5, 0.6) is 0 Å². The first-order valence-electron chi connectivity index (χ1n) is 5.36. The number of rotatable bonds is 7. The molecule has 0 amide bonds. The molecule has 0 spiro atoms. The number of carbonyl (C=O) groups is 2. The summed E-state index contributed by atoms with van der Waals surface area (Å²) in [7, 11) is 0. The van der Waals surface area contributed by atoms with Gasteiger partial charge in [0.15, 0.2) is 0 Å². The Labute approximate surface area is 116 Å². The molecule has 21 heavy (non-hydrogen) atoms. The summed E-state index contributed by atoms with van der Waals surface area (Å²) in [6.07, 6.45) is -0.816. The summed E-state index contributed by atoms with van der Waals surface area (Å²) in [6.45, 7) is 0. The molecular weight excluding hydrogens is 290 g/mol. The lowest BCUT2D eigenvalue weighted by Crippen LogP contribution is -2.32. The topological polar surface area (TPSA) is 173 Å². The lowest BCUT2D eigenvalue weighted by atomic mass is 10.1. The van der Waals surface area contributed by atoms with Crippen molar-refractivity contribution in [1.29, 1.82) is 0 Å². The summed E-state index contributed by atoms with van der Waals surface area (Å²) >= 11 is 0. The van der Waals surface area contributed by atoms with Crippen LogP contribution in [0, 0.1) is 20.2 Å². The highest BCUT2D eigenvalue weighted by Crippen LogP contribution is 2.29. The van der Waals surface area contributed by atoms with E-state index in [1.807, 2.05) is 0 Å². The van der Waals surface area contributed by atoms with Crippen LogP contribution < -0.4 is 5.32 Å². The van der Waals surface area contributed by atoms with Gasteiger partial charge in [0.25, 0.3) is 11.4 Å². The highest BCUT2D eigenvalue weighted by Gasteiger charge is 2.26. The molecule has 0 radical (unpaired) electrons. The molecule has 0 saturated heterocycles. The summed E-state index contributed by atoms with van der Waals surface area (Å²) in [5.41, 5.74) is -1.59. The standard InChI is InChI=1S/C10H9N3O8/c14-9(15)4-7(10(16)17)11-6-2-1-5(12(18)19)3-8(6)13(20)21/h1-3,7,11H,4H2,(H,14,15)(H,16,17)/t7-/m0/s1. The van der Waals surface area contributed by atoms with Crippen molar-refractivity contribution in [2.45, 2.75) is 12.5 Å². The Hall–Kier alpha value is -3.24. The number of hydrogen-bond acceptors (Lipinski definition) is 7. The van der Waals surface area contributed by atoms with Gasteiger partial charge in [0.05, 0.1) is 22.3 Å². The molecule has 0 fully saturated rings. The Morgan fingerprint density at radius 3 is 2.24 bits per heavy atom. The molecule has 0 unspecified atom stereocenters. The van der Waals surface area contributed by atoms with Gasteiger partial charge in [-0.05, 0) is 6.07 Å². The lowest BCUT2D eigenvalue weighted by Gasteiger charge is -2.13. The van der Waals surface area contributed by atoms with Crippen LogP contribution in [0.4, 0.5) is 17.1 Å². The van der Waals surface area contributed by atoms with Gasteiger partial charge in [-0.25, -0.2) is 4.79 Å². The number of nitrogens with zero attached hydrogens (tertiary/aromatic N) is 2. The van der Waals surface area contributed by atoms with E-state index >= 15 is 0 Å². The maximum atomic E-state index is 10.9. The lowest BCUT2D eigenvalue weighted by molar-refractivity contribution is -0.393. The van der Waals surface area contributed by atoms with Crippen LogP contribution in [0.15, 0.2) is 18.2 Å². The number of aliphatic carboxylic acids is 2. The third-order valence-corrected chi connectivity index (χ3v) is 2.40. The molecule has 0 bridgehead atoms. The molecule has 0 aliphatic heterocycles. The predicted molar refractivity (Wildman–Crippen MR) is 67.1 cm³/mol. The fraction of sp³-hybridized carbons (Fsp3) is 0.200. The molecule has 1 atom stereocenters. The van der Waals surface area contributed by atoms with Crippen LogP contribution >= 0.6 is 0 Å². The highest BCUT2D eigenvalue weighted by atomic mass is 16.6. The zero-order valence-corrected chi connectivity index (χ0v) is 10.3. The minimum atomic E-state index is -1.61. The molecule has 1 rings (SSSR count). The van der Waals surface area contributed by atoms with E-state index in [0.717, 1.165) is 12.1 Å². The monoisotopic (exact) mass is 299 g/mol. The number of hydrogen-bond donors (Lipinski definition) is 3. The third-order valence-electron chi connectivity index (χ3n) is 2.40. The number of nitro groups is 2. The van der Waals surface area contributed by atoms with Gasteiger partial charge in [-0.15, -0.1) is 0 Å². The molecule has 11 nitrogen and oxygen atoms in total. The van der Waals surface area contributed by atoms with Gasteiger partial charge in [-0.3, -0.25) is 25.0 Å². The first kappa shape index (κ1) is 15.8. The quantitative estimate of drug-likeness (QED) is 0.486. The number of carboxylic acid groups (broad SMARTS) is 2.